The third-order valence-corrected chi connectivity index (χ3v) is 1.73. The van der Waals surface area contributed by atoms with Gasteiger partial charge in [0.15, 0.2) is 0 Å². The molecule has 1 rings (SSSR count). The van der Waals surface area contributed by atoms with Crippen molar-refractivity contribution in [2.24, 2.45) is 5.92 Å². The third kappa shape index (κ3) is 1.48. The number of rotatable bonds is 2. The molecule has 1 heterocycles. The molecule has 1 aliphatic heterocycles. The van der Waals surface area contributed by atoms with Gasteiger partial charge in [0, 0.05) is 6.54 Å². The van der Waals surface area contributed by atoms with Gasteiger partial charge in [-0.3, -0.25) is 4.79 Å². The van der Waals surface area contributed by atoms with Crippen LogP contribution in [0.2, 0.25) is 0 Å². The Morgan fingerprint density at radius 2 is 2.50 bits per heavy atom. The number of hydrogen-bond acceptors (Lipinski definition) is 3. The highest BCUT2D eigenvalue weighted by molar-refractivity contribution is 5.74. The molecule has 1 aliphatic rings. The van der Waals surface area contributed by atoms with Crippen molar-refractivity contribution in [3.63, 3.8) is 0 Å². The second-order valence-corrected chi connectivity index (χ2v) is 2.75. The van der Waals surface area contributed by atoms with Gasteiger partial charge < -0.3 is 10.1 Å². The lowest BCUT2D eigenvalue weighted by molar-refractivity contribution is -0.143. The highest BCUT2D eigenvalue weighted by Crippen LogP contribution is 2.19. The maximum absolute atomic E-state index is 10.8. The normalized spacial score (nSPS) is 32.4. The number of ether oxygens (including phenoxy) is 1. The monoisotopic (exact) mass is 143 g/mol. The average Bonchev–Trinajstić information content (AvgIpc) is 2.14. The molecule has 0 spiro atoms. The summed E-state index contributed by atoms with van der Waals surface area (Å²) < 4.78 is 5.01. The Labute approximate surface area is 60.7 Å². The van der Waals surface area contributed by atoms with Crippen LogP contribution in [0.25, 0.3) is 0 Å². The summed E-state index contributed by atoms with van der Waals surface area (Å²) >= 11 is 0. The first-order chi connectivity index (χ1) is 4.74. The van der Waals surface area contributed by atoms with Crippen LogP contribution in [0.15, 0.2) is 0 Å². The van der Waals surface area contributed by atoms with E-state index in [1.165, 1.54) is 0 Å². The molecular weight excluding hydrogens is 130 g/mol. The maximum Gasteiger partial charge on any atom is 0.309 e. The van der Waals surface area contributed by atoms with Crippen LogP contribution in [0, 0.1) is 5.92 Å². The Morgan fingerprint density at radius 3 is 2.90 bits per heavy atom. The zero-order valence-electron chi connectivity index (χ0n) is 6.39. The first-order valence-corrected chi connectivity index (χ1v) is 3.59. The second-order valence-electron chi connectivity index (χ2n) is 2.75. The summed E-state index contributed by atoms with van der Waals surface area (Å²) in [6, 6.07) is 0. The molecule has 1 N–H and O–H groups in total. The number of hydrogen-bond donors (Lipinski definition) is 1. The number of carbonyl (C=O) groups excluding carboxylic acids is 1. The Hall–Kier alpha value is -0.570. The van der Waals surface area contributed by atoms with E-state index in [1.807, 2.05) is 14.0 Å². The van der Waals surface area contributed by atoms with Crippen LogP contribution in [0.4, 0.5) is 0 Å². The van der Waals surface area contributed by atoms with Gasteiger partial charge in [-0.1, -0.05) is 6.92 Å². The predicted molar refractivity (Wildman–Crippen MR) is 37.6 cm³/mol. The highest BCUT2D eigenvalue weighted by Gasteiger charge is 2.29. The fourth-order valence-corrected chi connectivity index (χ4v) is 1.17. The maximum atomic E-state index is 10.8. The molecule has 0 radical (unpaired) electrons. The van der Waals surface area contributed by atoms with Crippen LogP contribution in [0.1, 0.15) is 13.3 Å². The van der Waals surface area contributed by atoms with E-state index >= 15 is 0 Å². The zero-order valence-corrected chi connectivity index (χ0v) is 6.39. The molecule has 0 amide bonds. The Kier molecular flexibility index (Phi) is 2.27. The smallest absolute Gasteiger partial charge is 0.309 e. The Bertz CT molecular complexity index is 136. The second kappa shape index (κ2) is 3.01. The molecule has 0 aromatic carbocycles. The predicted octanol–water partition coefficient (Wildman–Crippen LogP) is 0.157. The molecule has 2 atom stereocenters. The Balaban J connectivity index is 2.34. The molecular formula is C7H13NO2. The van der Waals surface area contributed by atoms with Crippen LogP contribution < -0.4 is 5.32 Å². The molecule has 58 valence electrons. The van der Waals surface area contributed by atoms with Crippen LogP contribution in [-0.4, -0.2) is 25.7 Å². The third-order valence-electron chi connectivity index (χ3n) is 1.73. The number of carbonyl (C=O) groups is 1. The average molecular weight is 143 g/mol. The van der Waals surface area contributed by atoms with E-state index in [4.69, 9.17) is 4.74 Å². The molecule has 0 saturated carbocycles. The van der Waals surface area contributed by atoms with Crippen molar-refractivity contribution in [1.82, 2.24) is 5.32 Å². The minimum Gasteiger partial charge on any atom is -0.461 e. The Morgan fingerprint density at radius 1 is 1.80 bits per heavy atom. The van der Waals surface area contributed by atoms with Crippen molar-refractivity contribution in [3.05, 3.63) is 0 Å². The van der Waals surface area contributed by atoms with E-state index in [1.54, 1.807) is 0 Å². The molecule has 2 unspecified atom stereocenters. The van der Waals surface area contributed by atoms with Gasteiger partial charge in [-0.15, -0.1) is 0 Å². The molecule has 1 fully saturated rings. The van der Waals surface area contributed by atoms with E-state index in [-0.39, 0.29) is 18.0 Å². The van der Waals surface area contributed by atoms with Gasteiger partial charge in [0.05, 0.1) is 5.92 Å². The van der Waals surface area contributed by atoms with Crippen molar-refractivity contribution < 1.29 is 9.53 Å². The van der Waals surface area contributed by atoms with Crippen LogP contribution in [-0.2, 0) is 9.53 Å². The van der Waals surface area contributed by atoms with E-state index in [0.29, 0.717) is 0 Å². The molecule has 0 aliphatic carbocycles. The molecule has 0 aromatic rings. The van der Waals surface area contributed by atoms with E-state index in [2.05, 4.69) is 5.32 Å². The van der Waals surface area contributed by atoms with Gasteiger partial charge in [0.2, 0.25) is 0 Å². The lowest BCUT2D eigenvalue weighted by Crippen LogP contribution is -2.22. The summed E-state index contributed by atoms with van der Waals surface area (Å²) in [6.45, 7) is 2.67. The van der Waals surface area contributed by atoms with E-state index in [0.717, 1.165) is 13.0 Å². The van der Waals surface area contributed by atoms with Gasteiger partial charge in [-0.05, 0) is 13.5 Å². The van der Waals surface area contributed by atoms with Crippen molar-refractivity contribution in [3.8, 4) is 0 Å². The summed E-state index contributed by atoms with van der Waals surface area (Å²) in [5.74, 6) is 0.0404. The summed E-state index contributed by atoms with van der Waals surface area (Å²) in [5, 5.41) is 2.97. The summed E-state index contributed by atoms with van der Waals surface area (Å²) in [4.78, 5) is 10.8. The van der Waals surface area contributed by atoms with Gasteiger partial charge >= 0.3 is 5.97 Å². The molecule has 0 bridgehead atoms. The number of likely N-dealkylation sites (N-methyl/N-ethyl adjacent to an activating group) is 1. The van der Waals surface area contributed by atoms with Crippen molar-refractivity contribution in [2.75, 3.05) is 13.6 Å². The highest BCUT2D eigenvalue weighted by atomic mass is 16.6. The van der Waals surface area contributed by atoms with Crippen molar-refractivity contribution in [2.45, 2.75) is 19.4 Å². The standard InChI is InChI=1S/C7H13NO2/c1-5-3-6(4-8-2)10-7(5)9/h5-6,8H,3-4H2,1-2H3. The summed E-state index contributed by atoms with van der Waals surface area (Å²) in [7, 11) is 1.86. The summed E-state index contributed by atoms with van der Waals surface area (Å²) in [6.07, 6.45) is 0.965. The first kappa shape index (κ1) is 7.54. The topological polar surface area (TPSA) is 38.3 Å². The van der Waals surface area contributed by atoms with Crippen molar-refractivity contribution >= 4 is 5.97 Å². The zero-order chi connectivity index (χ0) is 7.56. The lowest BCUT2D eigenvalue weighted by Gasteiger charge is -2.05. The SMILES string of the molecule is CNCC1CC(C)C(=O)O1. The van der Waals surface area contributed by atoms with E-state index < -0.39 is 0 Å². The number of nitrogens with one attached hydrogen (secondary N) is 1. The number of esters is 1. The molecule has 3 nitrogen and oxygen atoms in total. The summed E-state index contributed by atoms with van der Waals surface area (Å²) in [5.41, 5.74) is 0. The minimum atomic E-state index is -0.0553. The van der Waals surface area contributed by atoms with Gasteiger partial charge in [-0.2, -0.15) is 0 Å². The van der Waals surface area contributed by atoms with Gasteiger partial charge in [-0.25, -0.2) is 0 Å². The first-order valence-electron chi connectivity index (χ1n) is 3.59. The molecule has 0 aromatic heterocycles. The van der Waals surface area contributed by atoms with Gasteiger partial charge in [0.25, 0.3) is 0 Å². The quantitative estimate of drug-likeness (QED) is 0.559. The van der Waals surface area contributed by atoms with Crippen LogP contribution in [0.3, 0.4) is 0 Å². The minimum absolute atomic E-state index is 0.0553. The fourth-order valence-electron chi connectivity index (χ4n) is 1.17. The largest absolute Gasteiger partial charge is 0.461 e. The molecule has 1 saturated heterocycles. The number of cyclic esters (lactones) is 1. The van der Waals surface area contributed by atoms with Crippen LogP contribution >= 0.6 is 0 Å². The van der Waals surface area contributed by atoms with Crippen molar-refractivity contribution in [1.29, 1.82) is 0 Å². The molecule has 3 heteroatoms. The molecule has 10 heavy (non-hydrogen) atoms. The van der Waals surface area contributed by atoms with Crippen LogP contribution in [0.5, 0.6) is 0 Å². The van der Waals surface area contributed by atoms with Gasteiger partial charge in [0.1, 0.15) is 6.10 Å². The lowest BCUT2D eigenvalue weighted by atomic mass is 10.1. The van der Waals surface area contributed by atoms with E-state index in [9.17, 15) is 4.79 Å². The fraction of sp³-hybridized carbons (Fsp3) is 0.857.